The molecule has 0 saturated carbocycles. The largest absolute Gasteiger partial charge is 0.334 e. The van der Waals surface area contributed by atoms with Gasteiger partial charge < -0.3 is 9.80 Å². The number of carbonyl (C=O) groups is 1. The Morgan fingerprint density at radius 1 is 1.41 bits per heavy atom. The van der Waals surface area contributed by atoms with E-state index < -0.39 is 0 Å². The third-order valence-corrected chi connectivity index (χ3v) is 3.70. The highest BCUT2D eigenvalue weighted by atomic mass is 79.9. The topological polar surface area (TPSA) is 24.8 Å². The Balaban J connectivity index is 1.93. The van der Waals surface area contributed by atoms with Crippen LogP contribution in [0.25, 0.3) is 0 Å². The molecule has 1 fully saturated rings. The zero-order valence-corrected chi connectivity index (χ0v) is 11.0. The predicted octanol–water partition coefficient (Wildman–Crippen LogP) is 0.445. The lowest BCUT2D eigenvalue weighted by Gasteiger charge is -2.29. The number of piperazine rings is 1. The molecule has 5 heteroatoms. The van der Waals surface area contributed by atoms with Crippen molar-refractivity contribution in [2.75, 3.05) is 26.2 Å². The molecule has 3 nitrogen and oxygen atoms in total. The van der Waals surface area contributed by atoms with E-state index in [1.165, 1.54) is 11.0 Å². The van der Waals surface area contributed by atoms with Crippen LogP contribution in [0, 0.1) is 5.82 Å². The predicted molar refractivity (Wildman–Crippen MR) is 66.1 cm³/mol. The van der Waals surface area contributed by atoms with Crippen LogP contribution in [0.4, 0.5) is 4.39 Å². The minimum atomic E-state index is -0.227. The number of rotatable bonds is 3. The first-order valence-electron chi connectivity index (χ1n) is 5.66. The van der Waals surface area contributed by atoms with Gasteiger partial charge in [0.05, 0.1) is 30.7 Å². The van der Waals surface area contributed by atoms with Crippen molar-refractivity contribution in [2.24, 2.45) is 0 Å². The number of benzene rings is 1. The average molecular weight is 302 g/mol. The molecule has 17 heavy (non-hydrogen) atoms. The number of hydrogen-bond acceptors (Lipinski definition) is 1. The second-order valence-electron chi connectivity index (χ2n) is 4.32. The minimum Gasteiger partial charge on any atom is -0.334 e. The number of nitrogens with one attached hydrogen (secondary N) is 1. The van der Waals surface area contributed by atoms with Crippen molar-refractivity contribution in [2.45, 2.75) is 6.54 Å². The number of nitrogens with zero attached hydrogens (tertiary/aromatic N) is 1. The fourth-order valence-electron chi connectivity index (χ4n) is 2.06. The highest BCUT2D eigenvalue weighted by molar-refractivity contribution is 9.10. The van der Waals surface area contributed by atoms with E-state index in [1.54, 1.807) is 4.90 Å². The van der Waals surface area contributed by atoms with Crippen LogP contribution in [0.2, 0.25) is 0 Å². The Labute approximate surface area is 108 Å². The van der Waals surface area contributed by atoms with Crippen LogP contribution >= 0.6 is 15.9 Å². The first-order chi connectivity index (χ1) is 8.19. The molecule has 0 aromatic heterocycles. The van der Waals surface area contributed by atoms with Crippen LogP contribution < -0.4 is 4.90 Å². The number of amides is 1. The number of halogens is 2. The van der Waals surface area contributed by atoms with E-state index in [9.17, 15) is 9.18 Å². The lowest BCUT2D eigenvalue weighted by atomic mass is 10.2. The van der Waals surface area contributed by atoms with Crippen molar-refractivity contribution in [3.8, 4) is 0 Å². The minimum absolute atomic E-state index is 0.227. The second-order valence-corrected chi connectivity index (χ2v) is 5.17. The van der Waals surface area contributed by atoms with E-state index in [1.807, 2.05) is 12.1 Å². The van der Waals surface area contributed by atoms with Crippen LogP contribution in [-0.2, 0) is 11.3 Å². The highest BCUT2D eigenvalue weighted by Crippen LogP contribution is 2.16. The fourth-order valence-corrected chi connectivity index (χ4v) is 2.49. The highest BCUT2D eigenvalue weighted by Gasteiger charge is 2.18. The molecule has 0 bridgehead atoms. The molecule has 1 aromatic rings. The van der Waals surface area contributed by atoms with E-state index >= 15 is 0 Å². The van der Waals surface area contributed by atoms with Crippen molar-refractivity contribution < 1.29 is 14.1 Å². The summed E-state index contributed by atoms with van der Waals surface area (Å²) in [6.07, 6.45) is 0.908. The molecule has 92 valence electrons. The molecule has 1 aromatic carbocycles. The van der Waals surface area contributed by atoms with Crippen molar-refractivity contribution in [1.29, 1.82) is 0 Å². The van der Waals surface area contributed by atoms with Crippen molar-refractivity contribution in [3.63, 3.8) is 0 Å². The van der Waals surface area contributed by atoms with Crippen LogP contribution in [0.1, 0.15) is 5.56 Å². The maximum absolute atomic E-state index is 13.1. The van der Waals surface area contributed by atoms with Gasteiger partial charge in [0, 0.05) is 5.56 Å². The van der Waals surface area contributed by atoms with Crippen LogP contribution in [0.5, 0.6) is 0 Å². The Bertz CT molecular complexity index is 405. The van der Waals surface area contributed by atoms with Gasteiger partial charge >= 0.3 is 0 Å². The number of quaternary nitrogens is 1. The third-order valence-electron chi connectivity index (χ3n) is 3.09. The SMILES string of the molecule is O=CN1CC[NH+](Cc2ccc(F)c(Br)c2)CC1. The summed E-state index contributed by atoms with van der Waals surface area (Å²) in [5.74, 6) is -0.227. The monoisotopic (exact) mass is 301 g/mol. The quantitative estimate of drug-likeness (QED) is 0.806. The van der Waals surface area contributed by atoms with E-state index in [-0.39, 0.29) is 5.82 Å². The van der Waals surface area contributed by atoms with Gasteiger partial charge in [-0.05, 0) is 28.1 Å². The van der Waals surface area contributed by atoms with Gasteiger partial charge in [-0.1, -0.05) is 6.07 Å². The summed E-state index contributed by atoms with van der Waals surface area (Å²) < 4.78 is 13.6. The molecule has 2 rings (SSSR count). The van der Waals surface area contributed by atoms with Gasteiger partial charge in [0.25, 0.3) is 0 Å². The molecular weight excluding hydrogens is 287 g/mol. The smallest absolute Gasteiger partial charge is 0.210 e. The summed E-state index contributed by atoms with van der Waals surface area (Å²) in [4.78, 5) is 13.8. The maximum Gasteiger partial charge on any atom is 0.210 e. The van der Waals surface area contributed by atoms with E-state index in [4.69, 9.17) is 0 Å². The van der Waals surface area contributed by atoms with Gasteiger partial charge in [-0.2, -0.15) is 0 Å². The van der Waals surface area contributed by atoms with Gasteiger partial charge in [0.15, 0.2) is 0 Å². The van der Waals surface area contributed by atoms with Crippen LogP contribution in [0.15, 0.2) is 22.7 Å². The first-order valence-corrected chi connectivity index (χ1v) is 6.45. The van der Waals surface area contributed by atoms with Gasteiger partial charge in [-0.3, -0.25) is 4.79 Å². The average Bonchev–Trinajstić information content (AvgIpc) is 2.35. The van der Waals surface area contributed by atoms with Gasteiger partial charge in [0.2, 0.25) is 6.41 Å². The Morgan fingerprint density at radius 2 is 2.12 bits per heavy atom. The lowest BCUT2D eigenvalue weighted by Crippen LogP contribution is -3.13. The Kier molecular flexibility index (Phi) is 4.12. The second kappa shape index (κ2) is 5.60. The molecular formula is C12H15BrFN2O+. The molecule has 1 aliphatic rings. The molecule has 0 aliphatic carbocycles. The summed E-state index contributed by atoms with van der Waals surface area (Å²) in [6, 6.07) is 5.13. The molecule has 1 N–H and O–H groups in total. The Hall–Kier alpha value is -0.940. The fraction of sp³-hybridized carbons (Fsp3) is 0.417. The molecule has 1 saturated heterocycles. The van der Waals surface area contributed by atoms with Gasteiger partial charge in [-0.15, -0.1) is 0 Å². The molecule has 1 aliphatic heterocycles. The zero-order valence-electron chi connectivity index (χ0n) is 9.46. The van der Waals surface area contributed by atoms with Crippen LogP contribution in [-0.4, -0.2) is 37.5 Å². The first kappa shape index (κ1) is 12.5. The van der Waals surface area contributed by atoms with Crippen LogP contribution in [0.3, 0.4) is 0 Å². The van der Waals surface area contributed by atoms with Crippen molar-refractivity contribution in [3.05, 3.63) is 34.1 Å². The molecule has 0 unspecified atom stereocenters. The molecule has 0 spiro atoms. The Morgan fingerprint density at radius 3 is 2.71 bits per heavy atom. The van der Waals surface area contributed by atoms with E-state index in [2.05, 4.69) is 15.9 Å². The van der Waals surface area contributed by atoms with E-state index in [0.717, 1.165) is 44.7 Å². The van der Waals surface area contributed by atoms with Crippen molar-refractivity contribution in [1.82, 2.24) is 4.90 Å². The molecule has 0 radical (unpaired) electrons. The summed E-state index contributed by atoms with van der Waals surface area (Å²) >= 11 is 3.19. The summed E-state index contributed by atoms with van der Waals surface area (Å²) in [7, 11) is 0. The summed E-state index contributed by atoms with van der Waals surface area (Å²) in [6.45, 7) is 4.40. The maximum atomic E-state index is 13.1. The van der Waals surface area contributed by atoms with Gasteiger partial charge in [0.1, 0.15) is 12.4 Å². The molecule has 0 atom stereocenters. The standard InChI is InChI=1S/C12H14BrFN2O/c13-11-7-10(1-2-12(11)14)8-15-3-5-16(9-17)6-4-15/h1-2,7,9H,3-6,8H2/p+1. The third kappa shape index (κ3) is 3.26. The number of hydrogen-bond donors (Lipinski definition) is 1. The summed E-state index contributed by atoms with van der Waals surface area (Å²) in [5, 5.41) is 0. The van der Waals surface area contributed by atoms with Crippen molar-refractivity contribution >= 4 is 22.3 Å². The number of carbonyl (C=O) groups excluding carboxylic acids is 1. The normalized spacial score (nSPS) is 17.2. The van der Waals surface area contributed by atoms with Gasteiger partial charge in [-0.25, -0.2) is 4.39 Å². The molecule has 1 heterocycles. The van der Waals surface area contributed by atoms with E-state index in [0.29, 0.717) is 4.47 Å². The summed E-state index contributed by atoms with van der Waals surface area (Å²) in [5.41, 5.74) is 1.12. The molecule has 1 amide bonds. The zero-order chi connectivity index (χ0) is 12.3. The lowest BCUT2D eigenvalue weighted by molar-refractivity contribution is -0.917.